The van der Waals surface area contributed by atoms with E-state index in [0.29, 0.717) is 25.7 Å². The minimum atomic E-state index is -5.24. The van der Waals surface area contributed by atoms with Crippen molar-refractivity contribution in [3.8, 4) is 5.75 Å². The highest BCUT2D eigenvalue weighted by Gasteiger charge is 2.29. The number of halogens is 4. The molecule has 0 spiro atoms. The maximum Gasteiger partial charge on any atom is 0.513 e. The lowest BCUT2D eigenvalue weighted by molar-refractivity contribution is 0.0807. The van der Waals surface area contributed by atoms with Crippen LogP contribution >= 0.6 is 0 Å². The number of hydrogen-bond donors (Lipinski definition) is 0. The largest absolute Gasteiger partial charge is 0.513 e. The van der Waals surface area contributed by atoms with E-state index in [-0.39, 0.29) is 13.2 Å². The van der Waals surface area contributed by atoms with Gasteiger partial charge in [-0.2, -0.15) is 0 Å². The van der Waals surface area contributed by atoms with Crippen LogP contribution in [0, 0.1) is 5.82 Å². The van der Waals surface area contributed by atoms with Crippen LogP contribution in [0.3, 0.4) is 0 Å². The third-order valence-electron chi connectivity index (χ3n) is 2.45. The quantitative estimate of drug-likeness (QED) is 0.397. The van der Waals surface area contributed by atoms with Gasteiger partial charge in [0.1, 0.15) is 12.4 Å². The molecule has 8 heteroatoms. The van der Waals surface area contributed by atoms with Gasteiger partial charge in [0.15, 0.2) is 0 Å². The van der Waals surface area contributed by atoms with Crippen LogP contribution in [0.1, 0.15) is 6.42 Å². The van der Waals surface area contributed by atoms with Crippen LogP contribution in [-0.4, -0.2) is 40.5 Å². The first-order valence-electron chi connectivity index (χ1n) is 6.14. The fraction of sp³-hybridized carbons (Fsp3) is 0.500. The van der Waals surface area contributed by atoms with E-state index in [9.17, 15) is 17.3 Å². The summed E-state index contributed by atoms with van der Waals surface area (Å²) in [5.74, 6) is -1.28. The van der Waals surface area contributed by atoms with Gasteiger partial charge in [-0.05, 0) is 12.5 Å². The molecule has 0 aliphatic carbocycles. The van der Waals surface area contributed by atoms with Crippen LogP contribution in [-0.2, 0) is 9.47 Å². The first-order chi connectivity index (χ1) is 9.45. The van der Waals surface area contributed by atoms with Crippen molar-refractivity contribution < 1.29 is 31.5 Å². The van der Waals surface area contributed by atoms with Gasteiger partial charge < -0.3 is 27.2 Å². The number of hydrogen-bond acceptors (Lipinski definition) is 3. The second-order valence-corrected chi connectivity index (χ2v) is 4.06. The molecule has 0 bridgehead atoms. The van der Waals surface area contributed by atoms with Crippen molar-refractivity contribution in [1.29, 1.82) is 0 Å². The molecule has 0 saturated heterocycles. The Morgan fingerprint density at radius 1 is 1.05 bits per heavy atom. The Balaban J connectivity index is 2.45. The first-order valence-corrected chi connectivity index (χ1v) is 6.14. The van der Waals surface area contributed by atoms with E-state index in [2.05, 4.69) is 0 Å². The van der Waals surface area contributed by atoms with Gasteiger partial charge in [-0.1, -0.05) is 11.5 Å². The van der Waals surface area contributed by atoms with Crippen molar-refractivity contribution in [3.63, 3.8) is 0 Å². The van der Waals surface area contributed by atoms with Crippen molar-refractivity contribution >= 4 is 12.4 Å². The Morgan fingerprint density at radius 3 is 2.45 bits per heavy atom. The van der Waals surface area contributed by atoms with E-state index in [1.165, 1.54) is 0 Å². The van der Waals surface area contributed by atoms with Gasteiger partial charge in [0.2, 0.25) is 0 Å². The van der Waals surface area contributed by atoms with Gasteiger partial charge in [0.05, 0.1) is 12.4 Å². The Hall–Kier alpha value is -1.28. The zero-order chi connectivity index (χ0) is 15.0. The van der Waals surface area contributed by atoms with Crippen molar-refractivity contribution in [2.75, 3.05) is 33.5 Å². The third kappa shape index (κ3) is 5.79. The van der Waals surface area contributed by atoms with Crippen LogP contribution in [0.5, 0.6) is 5.75 Å². The zero-order valence-electron chi connectivity index (χ0n) is 11.1. The molecule has 1 aromatic carbocycles. The Labute approximate surface area is 114 Å². The summed E-state index contributed by atoms with van der Waals surface area (Å²) in [6.07, 6.45) is 0.688. The number of methoxy groups -OCH3 is 1. The number of benzene rings is 1. The van der Waals surface area contributed by atoms with E-state index >= 15 is 0 Å². The van der Waals surface area contributed by atoms with Gasteiger partial charge >= 0.3 is 6.98 Å². The molecule has 0 aliphatic heterocycles. The smallest absolute Gasteiger partial charge is 0.494 e. The molecule has 0 radical (unpaired) electrons. The molecule has 0 fully saturated rings. The van der Waals surface area contributed by atoms with Crippen LogP contribution in [0.4, 0.5) is 17.3 Å². The molecule has 0 atom stereocenters. The summed E-state index contributed by atoms with van der Waals surface area (Å²) < 4.78 is 66.0. The Bertz CT molecular complexity index is 412. The van der Waals surface area contributed by atoms with Gasteiger partial charge in [-0.25, -0.2) is 4.39 Å². The van der Waals surface area contributed by atoms with Crippen LogP contribution in [0.2, 0.25) is 0 Å². The van der Waals surface area contributed by atoms with E-state index in [1.54, 1.807) is 7.11 Å². The molecular formula is C12H16BF4O3-. The third-order valence-corrected chi connectivity index (χ3v) is 2.45. The summed E-state index contributed by atoms with van der Waals surface area (Å²) in [6, 6.07) is 2.18. The predicted molar refractivity (Wildman–Crippen MR) is 67.9 cm³/mol. The molecule has 0 saturated carbocycles. The van der Waals surface area contributed by atoms with Crippen molar-refractivity contribution in [1.82, 2.24) is 0 Å². The molecule has 1 rings (SSSR count). The first kappa shape index (κ1) is 16.8. The monoisotopic (exact) mass is 295 g/mol. The van der Waals surface area contributed by atoms with Gasteiger partial charge in [0, 0.05) is 26.4 Å². The molecule has 0 aliphatic rings. The SMILES string of the molecule is COCCCOCCOc1cc(F)ccc1[B-](F)(F)F. The highest BCUT2D eigenvalue weighted by Crippen LogP contribution is 2.19. The maximum absolute atomic E-state index is 13.0. The van der Waals surface area contributed by atoms with Crippen LogP contribution < -0.4 is 10.2 Å². The molecule has 0 heterocycles. The summed E-state index contributed by atoms with van der Waals surface area (Å²) in [4.78, 5) is 0. The van der Waals surface area contributed by atoms with Gasteiger partial charge in [0.25, 0.3) is 0 Å². The highest BCUT2D eigenvalue weighted by molar-refractivity contribution is 6.74. The fourth-order valence-electron chi connectivity index (χ4n) is 1.52. The number of ether oxygens (including phenoxy) is 3. The molecule has 0 amide bonds. The second-order valence-electron chi connectivity index (χ2n) is 4.06. The molecule has 1 aromatic rings. The zero-order valence-corrected chi connectivity index (χ0v) is 11.1. The topological polar surface area (TPSA) is 27.7 Å². The molecule has 114 valence electrons. The molecular weight excluding hydrogens is 279 g/mol. The highest BCUT2D eigenvalue weighted by atomic mass is 19.4. The second kappa shape index (κ2) is 8.11. The lowest BCUT2D eigenvalue weighted by atomic mass is 9.79. The van der Waals surface area contributed by atoms with Crippen molar-refractivity contribution in [2.45, 2.75) is 6.42 Å². The predicted octanol–water partition coefficient (Wildman–Crippen LogP) is 2.31. The number of rotatable bonds is 9. The van der Waals surface area contributed by atoms with E-state index in [0.717, 1.165) is 12.1 Å². The molecule has 0 unspecified atom stereocenters. The van der Waals surface area contributed by atoms with Gasteiger partial charge in [-0.3, -0.25) is 0 Å². The van der Waals surface area contributed by atoms with Crippen LogP contribution in [0.15, 0.2) is 18.2 Å². The molecule has 20 heavy (non-hydrogen) atoms. The lowest BCUT2D eigenvalue weighted by Crippen LogP contribution is -2.35. The van der Waals surface area contributed by atoms with Crippen molar-refractivity contribution in [2.24, 2.45) is 0 Å². The Kier molecular flexibility index (Phi) is 6.80. The summed E-state index contributed by atoms with van der Waals surface area (Å²) in [7, 11) is 1.56. The summed E-state index contributed by atoms with van der Waals surface area (Å²) in [6.45, 7) is -4.21. The van der Waals surface area contributed by atoms with E-state index < -0.39 is 24.0 Å². The average molecular weight is 295 g/mol. The van der Waals surface area contributed by atoms with E-state index in [1.807, 2.05) is 0 Å². The maximum atomic E-state index is 13.0. The van der Waals surface area contributed by atoms with Gasteiger partial charge in [-0.15, -0.1) is 0 Å². The molecule has 3 nitrogen and oxygen atoms in total. The summed E-state index contributed by atoms with van der Waals surface area (Å²) in [5, 5.41) is 0. The fourth-order valence-corrected chi connectivity index (χ4v) is 1.52. The van der Waals surface area contributed by atoms with E-state index in [4.69, 9.17) is 14.2 Å². The standard InChI is InChI=1S/C12H16BF4O3/c1-18-5-2-6-19-7-8-20-12-9-10(14)3-4-11(12)13(15,16)17/h3-4,9H,2,5-8H2,1H3/q-1. The minimum Gasteiger partial charge on any atom is -0.494 e. The molecule has 0 N–H and O–H groups in total. The molecule has 0 aromatic heterocycles. The lowest BCUT2D eigenvalue weighted by Gasteiger charge is -2.19. The van der Waals surface area contributed by atoms with Crippen LogP contribution in [0.25, 0.3) is 0 Å². The summed E-state index contributed by atoms with van der Waals surface area (Å²) in [5.41, 5.74) is -0.939. The summed E-state index contributed by atoms with van der Waals surface area (Å²) >= 11 is 0. The van der Waals surface area contributed by atoms with Crippen molar-refractivity contribution in [3.05, 3.63) is 24.0 Å². The average Bonchev–Trinajstić information content (AvgIpc) is 2.36. The Morgan fingerprint density at radius 2 is 1.80 bits per heavy atom. The minimum absolute atomic E-state index is 0.0738. The normalized spacial score (nSPS) is 11.7.